The predicted molar refractivity (Wildman–Crippen MR) is 55.6 cm³/mol. The lowest BCUT2D eigenvalue weighted by molar-refractivity contribution is -0.140. The van der Waals surface area contributed by atoms with Crippen molar-refractivity contribution in [2.24, 2.45) is 0 Å². The summed E-state index contributed by atoms with van der Waals surface area (Å²) in [5, 5.41) is 0. The summed E-state index contributed by atoms with van der Waals surface area (Å²) in [7, 11) is 0. The average molecular weight is 262 g/mol. The highest BCUT2D eigenvalue weighted by molar-refractivity contribution is 5.86. The van der Waals surface area contributed by atoms with Crippen molar-refractivity contribution in [2.75, 3.05) is 0 Å². The first-order chi connectivity index (χ1) is 8.27. The number of carbonyl (C=O) groups is 1. The van der Waals surface area contributed by atoms with Gasteiger partial charge < -0.3 is 4.74 Å². The first-order valence-corrected chi connectivity index (χ1v) is 4.91. The molecule has 18 heavy (non-hydrogen) atoms. The summed E-state index contributed by atoms with van der Waals surface area (Å²) in [5.41, 5.74) is -1.48. The molecule has 0 bridgehead atoms. The maximum atomic E-state index is 13.5. The van der Waals surface area contributed by atoms with Gasteiger partial charge in [0.15, 0.2) is 17.5 Å². The van der Waals surface area contributed by atoms with Crippen molar-refractivity contribution >= 4 is 5.97 Å². The number of rotatable bonds is 3. The molecule has 2 nitrogen and oxygen atoms in total. The van der Waals surface area contributed by atoms with Gasteiger partial charge in [-0.25, -0.2) is 22.4 Å². The molecule has 6 heteroatoms. The summed E-state index contributed by atoms with van der Waals surface area (Å²) in [6.45, 7) is 4.73. The Labute approximate surface area is 101 Å². The van der Waals surface area contributed by atoms with Crippen LogP contribution in [0, 0.1) is 30.2 Å². The molecule has 1 aromatic rings. The Kier molecular flexibility index (Phi) is 4.11. The maximum Gasteiger partial charge on any atom is 0.333 e. The van der Waals surface area contributed by atoms with Gasteiger partial charge in [0.1, 0.15) is 12.4 Å². The number of carbonyl (C=O) groups excluding carboxylic acids is 1. The minimum absolute atomic E-state index is 0.0233. The number of hydrogen-bond acceptors (Lipinski definition) is 2. The van der Waals surface area contributed by atoms with Gasteiger partial charge in [0.05, 0.1) is 5.56 Å². The van der Waals surface area contributed by atoms with Gasteiger partial charge in [0.2, 0.25) is 0 Å². The number of esters is 1. The van der Waals surface area contributed by atoms with Crippen LogP contribution in [0.5, 0.6) is 0 Å². The minimum Gasteiger partial charge on any atom is -0.457 e. The molecule has 0 spiro atoms. The van der Waals surface area contributed by atoms with Crippen molar-refractivity contribution in [2.45, 2.75) is 20.5 Å². The molecule has 98 valence electrons. The fourth-order valence-corrected chi connectivity index (χ4v) is 1.20. The summed E-state index contributed by atoms with van der Waals surface area (Å²) in [4.78, 5) is 11.0. The van der Waals surface area contributed by atoms with Gasteiger partial charge in [-0.2, -0.15) is 0 Å². The van der Waals surface area contributed by atoms with Crippen LogP contribution in [0.2, 0.25) is 0 Å². The van der Waals surface area contributed by atoms with Crippen LogP contribution in [-0.4, -0.2) is 5.97 Å². The van der Waals surface area contributed by atoms with Gasteiger partial charge >= 0.3 is 5.97 Å². The van der Waals surface area contributed by atoms with Crippen LogP contribution in [0.1, 0.15) is 18.1 Å². The van der Waals surface area contributed by atoms with Crippen LogP contribution < -0.4 is 0 Å². The van der Waals surface area contributed by atoms with E-state index >= 15 is 0 Å². The Morgan fingerprint density at radius 3 is 2.17 bits per heavy atom. The fraction of sp³-hybridized carbons (Fsp3) is 0.250. The molecule has 0 saturated carbocycles. The van der Waals surface area contributed by atoms with Gasteiger partial charge in [0, 0.05) is 11.1 Å². The fourth-order valence-electron chi connectivity index (χ4n) is 1.20. The second kappa shape index (κ2) is 5.20. The summed E-state index contributed by atoms with van der Waals surface area (Å²) in [6, 6.07) is 0. The standard InChI is InChI=1S/C12H10F4O2/c1-5(2)12(17)18-4-7-8(13)6(3)9(14)11(16)10(7)15/h1,4H2,2-3H3. The van der Waals surface area contributed by atoms with Crippen molar-refractivity contribution in [3.8, 4) is 0 Å². The highest BCUT2D eigenvalue weighted by Crippen LogP contribution is 2.24. The lowest BCUT2D eigenvalue weighted by Gasteiger charge is -2.10. The van der Waals surface area contributed by atoms with E-state index in [2.05, 4.69) is 11.3 Å². The van der Waals surface area contributed by atoms with E-state index in [1.54, 1.807) is 0 Å². The molecule has 0 N–H and O–H groups in total. The topological polar surface area (TPSA) is 26.3 Å². The second-order valence-corrected chi connectivity index (χ2v) is 3.72. The number of ether oxygens (including phenoxy) is 1. The first-order valence-electron chi connectivity index (χ1n) is 4.91. The summed E-state index contributed by atoms with van der Waals surface area (Å²) in [5.74, 6) is -7.25. The van der Waals surface area contributed by atoms with E-state index in [0.29, 0.717) is 0 Å². The van der Waals surface area contributed by atoms with Crippen LogP contribution in [-0.2, 0) is 16.1 Å². The zero-order chi connectivity index (χ0) is 14.0. The zero-order valence-electron chi connectivity index (χ0n) is 9.74. The molecule has 0 aromatic heterocycles. The van der Waals surface area contributed by atoms with E-state index in [1.807, 2.05) is 0 Å². The van der Waals surface area contributed by atoms with Gasteiger partial charge in [-0.05, 0) is 13.8 Å². The van der Waals surface area contributed by atoms with Crippen LogP contribution in [0.25, 0.3) is 0 Å². The van der Waals surface area contributed by atoms with Crippen molar-refractivity contribution < 1.29 is 27.1 Å². The Balaban J connectivity index is 3.11. The van der Waals surface area contributed by atoms with Crippen molar-refractivity contribution in [3.05, 3.63) is 46.5 Å². The first kappa shape index (κ1) is 14.2. The Bertz CT molecular complexity index is 494. The highest BCUT2D eigenvalue weighted by atomic mass is 19.2. The molecule has 0 heterocycles. The lowest BCUT2D eigenvalue weighted by atomic mass is 10.1. The molecule has 0 saturated heterocycles. The monoisotopic (exact) mass is 262 g/mol. The van der Waals surface area contributed by atoms with E-state index in [-0.39, 0.29) is 5.57 Å². The third-order valence-electron chi connectivity index (χ3n) is 2.27. The SMILES string of the molecule is C=C(C)C(=O)OCc1c(F)c(C)c(F)c(F)c1F. The van der Waals surface area contributed by atoms with E-state index in [1.165, 1.54) is 6.92 Å². The minimum atomic E-state index is -1.80. The Morgan fingerprint density at radius 2 is 1.67 bits per heavy atom. The molecular weight excluding hydrogens is 252 g/mol. The smallest absolute Gasteiger partial charge is 0.333 e. The zero-order valence-corrected chi connectivity index (χ0v) is 9.74. The second-order valence-electron chi connectivity index (χ2n) is 3.72. The summed E-state index contributed by atoms with van der Waals surface area (Å²) in [6.07, 6.45) is 0. The normalized spacial score (nSPS) is 10.3. The largest absolute Gasteiger partial charge is 0.457 e. The highest BCUT2D eigenvalue weighted by Gasteiger charge is 2.23. The third kappa shape index (κ3) is 2.52. The molecule has 0 fully saturated rings. The molecule has 1 aromatic carbocycles. The van der Waals surface area contributed by atoms with Gasteiger partial charge in [-0.15, -0.1) is 0 Å². The molecule has 0 atom stereocenters. The Morgan fingerprint density at radius 1 is 1.11 bits per heavy atom. The molecule has 1 rings (SSSR count). The molecule has 0 radical (unpaired) electrons. The third-order valence-corrected chi connectivity index (χ3v) is 2.27. The van der Waals surface area contributed by atoms with Crippen molar-refractivity contribution in [1.29, 1.82) is 0 Å². The van der Waals surface area contributed by atoms with Gasteiger partial charge in [0.25, 0.3) is 0 Å². The molecule has 0 unspecified atom stereocenters. The molecule has 0 aliphatic carbocycles. The lowest BCUT2D eigenvalue weighted by Crippen LogP contribution is -2.11. The van der Waals surface area contributed by atoms with Crippen LogP contribution >= 0.6 is 0 Å². The van der Waals surface area contributed by atoms with E-state index in [4.69, 9.17) is 0 Å². The number of halogens is 4. The predicted octanol–water partition coefficient (Wildman–Crippen LogP) is 3.17. The quantitative estimate of drug-likeness (QED) is 0.275. The average Bonchev–Trinajstić information content (AvgIpc) is 2.33. The van der Waals surface area contributed by atoms with Crippen LogP contribution in [0.3, 0.4) is 0 Å². The van der Waals surface area contributed by atoms with Crippen LogP contribution in [0.15, 0.2) is 12.2 Å². The molecular formula is C12H10F4O2. The molecule has 0 aliphatic heterocycles. The maximum absolute atomic E-state index is 13.5. The van der Waals surface area contributed by atoms with Gasteiger partial charge in [-0.1, -0.05) is 6.58 Å². The summed E-state index contributed by atoms with van der Waals surface area (Å²) < 4.78 is 57.3. The van der Waals surface area contributed by atoms with Gasteiger partial charge in [-0.3, -0.25) is 0 Å². The van der Waals surface area contributed by atoms with E-state index in [0.717, 1.165) is 6.92 Å². The van der Waals surface area contributed by atoms with Crippen LogP contribution in [0.4, 0.5) is 17.6 Å². The number of benzene rings is 1. The number of hydrogen-bond donors (Lipinski definition) is 0. The van der Waals surface area contributed by atoms with E-state index < -0.39 is 47.0 Å². The Hall–Kier alpha value is -1.85. The molecule has 0 amide bonds. The summed E-state index contributed by atoms with van der Waals surface area (Å²) >= 11 is 0. The van der Waals surface area contributed by atoms with Crippen molar-refractivity contribution in [1.82, 2.24) is 0 Å². The van der Waals surface area contributed by atoms with E-state index in [9.17, 15) is 22.4 Å². The molecule has 0 aliphatic rings. The van der Waals surface area contributed by atoms with Crippen molar-refractivity contribution in [3.63, 3.8) is 0 Å².